The molecule has 2 aromatic rings. The fourth-order valence-corrected chi connectivity index (χ4v) is 3.01. The van der Waals surface area contributed by atoms with E-state index in [1.807, 2.05) is 0 Å². The highest BCUT2D eigenvalue weighted by atomic mass is 35.5. The number of halogens is 4. The Labute approximate surface area is 151 Å². The molecule has 0 aliphatic carbocycles. The van der Waals surface area contributed by atoms with Crippen molar-refractivity contribution in [3.8, 4) is 0 Å². The zero-order chi connectivity index (χ0) is 18.9. The van der Waals surface area contributed by atoms with Crippen molar-refractivity contribution in [3.63, 3.8) is 0 Å². The van der Waals surface area contributed by atoms with E-state index in [1.165, 1.54) is 18.3 Å². The van der Waals surface area contributed by atoms with Crippen LogP contribution in [-0.2, 0) is 6.18 Å². The third-order valence-electron chi connectivity index (χ3n) is 3.99. The third kappa shape index (κ3) is 3.64. The van der Waals surface area contributed by atoms with Gasteiger partial charge in [-0.05, 0) is 12.1 Å². The molecule has 0 spiro atoms. The number of nitro groups is 1. The van der Waals surface area contributed by atoms with Gasteiger partial charge in [0.1, 0.15) is 5.82 Å². The second-order valence-corrected chi connectivity index (χ2v) is 6.01. The van der Waals surface area contributed by atoms with Gasteiger partial charge in [-0.2, -0.15) is 13.2 Å². The minimum Gasteiger partial charge on any atom is -0.352 e. The summed E-state index contributed by atoms with van der Waals surface area (Å²) < 4.78 is 38.1. The molecule has 0 unspecified atom stereocenters. The van der Waals surface area contributed by atoms with Crippen LogP contribution >= 0.6 is 11.6 Å². The van der Waals surface area contributed by atoms with Gasteiger partial charge in [-0.3, -0.25) is 10.1 Å². The van der Waals surface area contributed by atoms with Crippen LogP contribution in [0.5, 0.6) is 0 Å². The van der Waals surface area contributed by atoms with Crippen molar-refractivity contribution in [1.82, 2.24) is 9.97 Å². The lowest BCUT2D eigenvalue weighted by molar-refractivity contribution is -0.384. The van der Waals surface area contributed by atoms with Crippen LogP contribution in [0.25, 0.3) is 0 Å². The van der Waals surface area contributed by atoms with E-state index in [0.29, 0.717) is 26.2 Å². The number of hydrogen-bond acceptors (Lipinski definition) is 6. The molecule has 1 aliphatic rings. The fraction of sp³-hybridized carbons (Fsp3) is 0.333. The van der Waals surface area contributed by atoms with Crippen molar-refractivity contribution in [3.05, 3.63) is 51.3 Å². The molecule has 138 valence electrons. The lowest BCUT2D eigenvalue weighted by atomic mass is 10.2. The van der Waals surface area contributed by atoms with Gasteiger partial charge in [-0.15, -0.1) is 0 Å². The smallest absolute Gasteiger partial charge is 0.352 e. The monoisotopic (exact) mass is 387 g/mol. The molecular formula is C15H13ClF3N5O2. The molecule has 0 radical (unpaired) electrons. The first kappa shape index (κ1) is 18.2. The highest BCUT2D eigenvalue weighted by molar-refractivity contribution is 6.33. The first-order valence-corrected chi connectivity index (χ1v) is 7.97. The number of alkyl halides is 3. The van der Waals surface area contributed by atoms with Crippen LogP contribution in [0, 0.1) is 10.1 Å². The van der Waals surface area contributed by atoms with E-state index in [0.717, 1.165) is 12.3 Å². The summed E-state index contributed by atoms with van der Waals surface area (Å²) in [5.41, 5.74) is -0.999. The molecule has 1 saturated heterocycles. The van der Waals surface area contributed by atoms with Gasteiger partial charge in [0.05, 0.1) is 15.5 Å². The second-order valence-electron chi connectivity index (χ2n) is 5.60. The van der Waals surface area contributed by atoms with Crippen LogP contribution < -0.4 is 9.80 Å². The Hall–Kier alpha value is -2.62. The maximum absolute atomic E-state index is 12.7. The first-order valence-electron chi connectivity index (χ1n) is 7.59. The Morgan fingerprint density at radius 1 is 1.12 bits per heavy atom. The maximum atomic E-state index is 12.7. The predicted molar refractivity (Wildman–Crippen MR) is 89.6 cm³/mol. The summed E-state index contributed by atoms with van der Waals surface area (Å²) >= 11 is 5.97. The van der Waals surface area contributed by atoms with Crippen LogP contribution in [0.2, 0.25) is 5.02 Å². The standard InChI is InChI=1S/C15H13ClF3N5O2/c16-11-8-10(15(17,18)19)9-21-13(11)22-4-6-23(7-5-22)14-12(24(25)26)2-1-3-20-14/h1-3,8-9H,4-7H2. The normalized spacial score (nSPS) is 15.2. The molecule has 1 fully saturated rings. The quantitative estimate of drug-likeness (QED) is 0.593. The molecule has 0 N–H and O–H groups in total. The highest BCUT2D eigenvalue weighted by Gasteiger charge is 2.32. The van der Waals surface area contributed by atoms with Crippen molar-refractivity contribution < 1.29 is 18.1 Å². The van der Waals surface area contributed by atoms with Gasteiger partial charge in [0, 0.05) is 44.6 Å². The Morgan fingerprint density at radius 3 is 2.27 bits per heavy atom. The third-order valence-corrected chi connectivity index (χ3v) is 4.27. The summed E-state index contributed by atoms with van der Waals surface area (Å²) in [5.74, 6) is 0.526. The van der Waals surface area contributed by atoms with Crippen molar-refractivity contribution in [2.24, 2.45) is 0 Å². The van der Waals surface area contributed by atoms with Crippen molar-refractivity contribution in [2.75, 3.05) is 36.0 Å². The van der Waals surface area contributed by atoms with Gasteiger partial charge in [0.25, 0.3) is 0 Å². The zero-order valence-electron chi connectivity index (χ0n) is 13.3. The van der Waals surface area contributed by atoms with Gasteiger partial charge in [0.2, 0.25) is 5.82 Å². The second kappa shape index (κ2) is 6.94. The van der Waals surface area contributed by atoms with Crippen molar-refractivity contribution in [1.29, 1.82) is 0 Å². The van der Waals surface area contributed by atoms with E-state index >= 15 is 0 Å². The molecule has 0 bridgehead atoms. The molecule has 11 heteroatoms. The maximum Gasteiger partial charge on any atom is 0.417 e. The Bertz CT molecular complexity index is 825. The number of rotatable bonds is 3. The number of pyridine rings is 2. The van der Waals surface area contributed by atoms with Crippen molar-refractivity contribution in [2.45, 2.75) is 6.18 Å². The first-order chi connectivity index (χ1) is 12.3. The van der Waals surface area contributed by atoms with Crippen LogP contribution in [0.15, 0.2) is 30.6 Å². The van der Waals surface area contributed by atoms with E-state index < -0.39 is 16.7 Å². The molecule has 0 amide bonds. The number of nitrogens with zero attached hydrogens (tertiary/aromatic N) is 5. The largest absolute Gasteiger partial charge is 0.417 e. The van der Waals surface area contributed by atoms with Gasteiger partial charge in [-0.1, -0.05) is 11.6 Å². The van der Waals surface area contributed by atoms with E-state index in [1.54, 1.807) is 9.80 Å². The minimum absolute atomic E-state index is 0.0860. The molecule has 2 aromatic heterocycles. The number of anilines is 2. The molecule has 0 aromatic carbocycles. The predicted octanol–water partition coefficient (Wildman–Crippen LogP) is 3.38. The summed E-state index contributed by atoms with van der Waals surface area (Å²) in [6.07, 6.45) is -2.29. The minimum atomic E-state index is -4.51. The number of piperazine rings is 1. The summed E-state index contributed by atoms with van der Waals surface area (Å²) in [4.78, 5) is 22.0. The summed E-state index contributed by atoms with van der Waals surface area (Å²) in [5, 5.41) is 11.0. The van der Waals surface area contributed by atoms with Gasteiger partial charge < -0.3 is 9.80 Å². The molecule has 1 aliphatic heterocycles. The molecule has 3 heterocycles. The van der Waals surface area contributed by atoms with Crippen LogP contribution in [0.3, 0.4) is 0 Å². The Morgan fingerprint density at radius 2 is 1.73 bits per heavy atom. The van der Waals surface area contributed by atoms with Crippen LogP contribution in [0.1, 0.15) is 5.56 Å². The lowest BCUT2D eigenvalue weighted by Crippen LogP contribution is -2.47. The van der Waals surface area contributed by atoms with E-state index in [4.69, 9.17) is 11.6 Å². The number of hydrogen-bond donors (Lipinski definition) is 0. The molecule has 7 nitrogen and oxygen atoms in total. The van der Waals surface area contributed by atoms with Crippen molar-refractivity contribution >= 4 is 28.9 Å². The van der Waals surface area contributed by atoms with Gasteiger partial charge in [0.15, 0.2) is 0 Å². The van der Waals surface area contributed by atoms with Gasteiger partial charge >= 0.3 is 11.9 Å². The highest BCUT2D eigenvalue weighted by Crippen LogP contribution is 2.34. The Kier molecular flexibility index (Phi) is 4.86. The van der Waals surface area contributed by atoms with E-state index in [-0.39, 0.29) is 22.3 Å². The average molecular weight is 388 g/mol. The fourth-order valence-electron chi connectivity index (χ4n) is 2.72. The SMILES string of the molecule is O=[N+]([O-])c1cccnc1N1CCN(c2ncc(C(F)(F)F)cc2Cl)CC1. The molecule has 26 heavy (non-hydrogen) atoms. The zero-order valence-corrected chi connectivity index (χ0v) is 14.0. The molecule has 0 saturated carbocycles. The molecule has 0 atom stereocenters. The van der Waals surface area contributed by atoms with Crippen LogP contribution in [0.4, 0.5) is 30.5 Å². The number of aromatic nitrogens is 2. The molecule has 3 rings (SSSR count). The van der Waals surface area contributed by atoms with Crippen LogP contribution in [-0.4, -0.2) is 41.1 Å². The van der Waals surface area contributed by atoms with E-state index in [2.05, 4.69) is 9.97 Å². The topological polar surface area (TPSA) is 75.4 Å². The summed E-state index contributed by atoms with van der Waals surface area (Å²) in [7, 11) is 0. The van der Waals surface area contributed by atoms with Gasteiger partial charge in [-0.25, -0.2) is 9.97 Å². The van der Waals surface area contributed by atoms with E-state index in [9.17, 15) is 23.3 Å². The average Bonchev–Trinajstić information content (AvgIpc) is 2.61. The molecular weight excluding hydrogens is 375 g/mol. The summed E-state index contributed by atoms with van der Waals surface area (Å²) in [6, 6.07) is 3.71. The Balaban J connectivity index is 1.74. The summed E-state index contributed by atoms with van der Waals surface area (Å²) in [6.45, 7) is 1.59. The lowest BCUT2D eigenvalue weighted by Gasteiger charge is -2.36.